The summed E-state index contributed by atoms with van der Waals surface area (Å²) in [6, 6.07) is 12.6. The first-order chi connectivity index (χ1) is 14.0. The van der Waals surface area contributed by atoms with Crippen LogP contribution in [-0.2, 0) is 9.53 Å². The number of carbonyl (C=O) groups is 1. The molecule has 0 saturated carbocycles. The number of carbonyl (C=O) groups excluding carboxylic acids is 1. The molecule has 1 amide bonds. The molecule has 0 bridgehead atoms. The Bertz CT molecular complexity index is 945. The van der Waals surface area contributed by atoms with Crippen molar-refractivity contribution < 1.29 is 14.3 Å². The average molecular weight is 451 g/mol. The average Bonchev–Trinajstić information content (AvgIpc) is 2.99. The molecular weight excluding hydrogens is 431 g/mol. The molecule has 1 saturated heterocycles. The molecule has 3 rings (SSSR count). The Labute approximate surface area is 184 Å². The maximum atomic E-state index is 13.0. The van der Waals surface area contributed by atoms with Crippen molar-refractivity contribution in [1.82, 2.24) is 4.90 Å². The molecule has 1 aliphatic rings. The van der Waals surface area contributed by atoms with Crippen molar-refractivity contribution in [3.8, 4) is 5.75 Å². The van der Waals surface area contributed by atoms with Gasteiger partial charge < -0.3 is 9.47 Å². The smallest absolute Gasteiger partial charge is 0.266 e. The second kappa shape index (κ2) is 10.2. The maximum absolute atomic E-state index is 13.0. The molecule has 0 radical (unpaired) electrons. The number of thioether (sulfide) groups is 1. The van der Waals surface area contributed by atoms with Crippen molar-refractivity contribution in [3.05, 3.63) is 63.0 Å². The fourth-order valence-electron chi connectivity index (χ4n) is 2.70. The van der Waals surface area contributed by atoms with Gasteiger partial charge in [-0.25, -0.2) is 4.99 Å². The Balaban J connectivity index is 1.91. The van der Waals surface area contributed by atoms with Crippen LogP contribution in [-0.4, -0.2) is 43.3 Å². The Morgan fingerprint density at radius 1 is 1.14 bits per heavy atom. The molecule has 0 aromatic heterocycles. The lowest BCUT2D eigenvalue weighted by Gasteiger charge is -2.15. The number of amidine groups is 1. The van der Waals surface area contributed by atoms with E-state index in [9.17, 15) is 4.79 Å². The van der Waals surface area contributed by atoms with Gasteiger partial charge in [0, 0.05) is 25.3 Å². The van der Waals surface area contributed by atoms with E-state index in [0.29, 0.717) is 51.1 Å². The summed E-state index contributed by atoms with van der Waals surface area (Å²) in [6.07, 6.45) is 2.55. The molecular formula is C21H20Cl2N2O3S. The van der Waals surface area contributed by atoms with Gasteiger partial charge in [0.1, 0.15) is 5.75 Å². The highest BCUT2D eigenvalue weighted by atomic mass is 35.5. The standard InChI is InChI=1S/C21H20Cl2N2O3S/c1-27-11-3-10-25-20(26)19(12-14-4-6-15(22)7-5-14)29-21(25)24-16-8-9-18(28-2)17(23)13-16/h4-9,12-13H,3,10-11H2,1-2H3. The normalized spacial score (nSPS) is 16.8. The number of ether oxygens (including phenoxy) is 2. The van der Waals surface area contributed by atoms with Crippen molar-refractivity contribution in [2.24, 2.45) is 4.99 Å². The highest BCUT2D eigenvalue weighted by molar-refractivity contribution is 8.18. The van der Waals surface area contributed by atoms with Crippen LogP contribution < -0.4 is 4.74 Å². The van der Waals surface area contributed by atoms with Crippen molar-refractivity contribution >= 4 is 57.8 Å². The fraction of sp³-hybridized carbons (Fsp3) is 0.238. The van der Waals surface area contributed by atoms with E-state index in [4.69, 9.17) is 32.7 Å². The molecule has 0 aliphatic carbocycles. The minimum atomic E-state index is -0.0839. The summed E-state index contributed by atoms with van der Waals surface area (Å²) in [6.45, 7) is 1.08. The monoisotopic (exact) mass is 450 g/mol. The molecule has 1 heterocycles. The number of halogens is 2. The second-order valence-corrected chi connectivity index (χ2v) is 8.03. The van der Waals surface area contributed by atoms with Crippen molar-refractivity contribution in [3.63, 3.8) is 0 Å². The third-order valence-corrected chi connectivity index (χ3v) is 5.70. The molecule has 8 heteroatoms. The summed E-state index contributed by atoms with van der Waals surface area (Å²) in [5.74, 6) is 0.491. The molecule has 0 unspecified atom stereocenters. The van der Waals surface area contributed by atoms with Crippen LogP contribution in [0.3, 0.4) is 0 Å². The summed E-state index contributed by atoms with van der Waals surface area (Å²) >= 11 is 13.5. The van der Waals surface area contributed by atoms with Crippen molar-refractivity contribution in [2.75, 3.05) is 27.4 Å². The molecule has 1 fully saturated rings. The molecule has 152 valence electrons. The highest BCUT2D eigenvalue weighted by Gasteiger charge is 2.33. The first kappa shape index (κ1) is 21.7. The molecule has 0 spiro atoms. The third-order valence-electron chi connectivity index (χ3n) is 4.15. The van der Waals surface area contributed by atoms with Crippen LogP contribution in [0.1, 0.15) is 12.0 Å². The number of aliphatic imine (C=N–C) groups is 1. The summed E-state index contributed by atoms with van der Waals surface area (Å²) in [4.78, 5) is 19.9. The lowest BCUT2D eigenvalue weighted by molar-refractivity contribution is -0.122. The van der Waals surface area contributed by atoms with Gasteiger partial charge in [0.2, 0.25) is 0 Å². The lowest BCUT2D eigenvalue weighted by Crippen LogP contribution is -2.30. The van der Waals surface area contributed by atoms with Gasteiger partial charge in [-0.3, -0.25) is 9.69 Å². The number of rotatable bonds is 7. The Kier molecular flexibility index (Phi) is 7.61. The zero-order valence-electron chi connectivity index (χ0n) is 16.0. The zero-order valence-corrected chi connectivity index (χ0v) is 18.4. The molecule has 1 aliphatic heterocycles. The van der Waals surface area contributed by atoms with E-state index >= 15 is 0 Å². The topological polar surface area (TPSA) is 51.1 Å². The van der Waals surface area contributed by atoms with Crippen LogP contribution in [0.15, 0.2) is 52.4 Å². The zero-order chi connectivity index (χ0) is 20.8. The molecule has 2 aromatic carbocycles. The largest absolute Gasteiger partial charge is 0.495 e. The van der Waals surface area contributed by atoms with Gasteiger partial charge in [-0.15, -0.1) is 0 Å². The van der Waals surface area contributed by atoms with E-state index in [1.807, 2.05) is 18.2 Å². The van der Waals surface area contributed by atoms with Gasteiger partial charge in [0.05, 0.1) is 22.7 Å². The minimum absolute atomic E-state index is 0.0839. The quantitative estimate of drug-likeness (QED) is 0.404. The van der Waals surface area contributed by atoms with E-state index in [0.717, 1.165) is 5.56 Å². The first-order valence-electron chi connectivity index (χ1n) is 8.90. The first-order valence-corrected chi connectivity index (χ1v) is 10.5. The van der Waals surface area contributed by atoms with Crippen molar-refractivity contribution in [2.45, 2.75) is 6.42 Å². The summed E-state index contributed by atoms with van der Waals surface area (Å²) in [5, 5.41) is 1.72. The predicted molar refractivity (Wildman–Crippen MR) is 120 cm³/mol. The molecule has 5 nitrogen and oxygen atoms in total. The van der Waals surface area contributed by atoms with E-state index in [-0.39, 0.29) is 5.91 Å². The molecule has 0 atom stereocenters. The Morgan fingerprint density at radius 2 is 1.90 bits per heavy atom. The number of methoxy groups -OCH3 is 2. The van der Waals surface area contributed by atoms with E-state index < -0.39 is 0 Å². The number of benzene rings is 2. The Morgan fingerprint density at radius 3 is 2.55 bits per heavy atom. The highest BCUT2D eigenvalue weighted by Crippen LogP contribution is 2.36. The number of hydrogen-bond donors (Lipinski definition) is 0. The van der Waals surface area contributed by atoms with E-state index in [1.54, 1.807) is 49.5 Å². The SMILES string of the molecule is COCCCN1C(=O)C(=Cc2ccc(Cl)cc2)SC1=Nc1ccc(OC)c(Cl)c1. The number of hydrogen-bond acceptors (Lipinski definition) is 5. The number of amides is 1. The van der Waals surface area contributed by atoms with Crippen LogP contribution in [0, 0.1) is 0 Å². The van der Waals surface area contributed by atoms with Gasteiger partial charge in [-0.1, -0.05) is 35.3 Å². The summed E-state index contributed by atoms with van der Waals surface area (Å²) < 4.78 is 10.3. The Hall–Kier alpha value is -1.99. The van der Waals surface area contributed by atoms with Gasteiger partial charge in [0.25, 0.3) is 5.91 Å². The molecule has 0 N–H and O–H groups in total. The third kappa shape index (κ3) is 5.54. The maximum Gasteiger partial charge on any atom is 0.266 e. The van der Waals surface area contributed by atoms with Crippen LogP contribution in [0.25, 0.3) is 6.08 Å². The van der Waals surface area contributed by atoms with Crippen molar-refractivity contribution in [1.29, 1.82) is 0 Å². The minimum Gasteiger partial charge on any atom is -0.495 e. The molecule has 2 aromatic rings. The molecule has 29 heavy (non-hydrogen) atoms. The van der Waals surface area contributed by atoms with Crippen LogP contribution in [0.5, 0.6) is 5.75 Å². The predicted octanol–water partition coefficient (Wildman–Crippen LogP) is 5.64. The van der Waals surface area contributed by atoms with E-state index in [1.165, 1.54) is 11.8 Å². The fourth-order valence-corrected chi connectivity index (χ4v) is 4.10. The van der Waals surface area contributed by atoms with Gasteiger partial charge in [-0.05, 0) is 60.2 Å². The van der Waals surface area contributed by atoms with Crippen LogP contribution >= 0.6 is 35.0 Å². The lowest BCUT2D eigenvalue weighted by atomic mass is 10.2. The van der Waals surface area contributed by atoms with E-state index in [2.05, 4.69) is 4.99 Å². The van der Waals surface area contributed by atoms with Crippen LogP contribution in [0.4, 0.5) is 5.69 Å². The number of nitrogens with zero attached hydrogens (tertiary/aromatic N) is 2. The van der Waals surface area contributed by atoms with Gasteiger partial charge >= 0.3 is 0 Å². The van der Waals surface area contributed by atoms with Crippen LogP contribution in [0.2, 0.25) is 10.0 Å². The second-order valence-electron chi connectivity index (χ2n) is 6.18. The summed E-state index contributed by atoms with van der Waals surface area (Å²) in [5.41, 5.74) is 1.55. The van der Waals surface area contributed by atoms with Gasteiger partial charge in [-0.2, -0.15) is 0 Å². The van der Waals surface area contributed by atoms with Gasteiger partial charge in [0.15, 0.2) is 5.17 Å². The summed E-state index contributed by atoms with van der Waals surface area (Å²) in [7, 11) is 3.20.